The first-order chi connectivity index (χ1) is 11.1. The van der Waals surface area contributed by atoms with E-state index < -0.39 is 0 Å². The van der Waals surface area contributed by atoms with Crippen LogP contribution < -0.4 is 14.8 Å². The molecular formula is C17H17N3O3. The van der Waals surface area contributed by atoms with Gasteiger partial charge in [-0.2, -0.15) is 0 Å². The number of amides is 1. The van der Waals surface area contributed by atoms with E-state index in [0.29, 0.717) is 22.7 Å². The normalized spacial score (nSPS) is 10.6. The number of hydrogen-bond acceptors (Lipinski definition) is 4. The summed E-state index contributed by atoms with van der Waals surface area (Å²) in [6.45, 7) is 1.89. The number of nitrogens with zero attached hydrogens (tertiary/aromatic N) is 1. The summed E-state index contributed by atoms with van der Waals surface area (Å²) in [5.41, 5.74) is 2.75. The molecule has 2 aromatic carbocycles. The third kappa shape index (κ3) is 2.83. The third-order valence-electron chi connectivity index (χ3n) is 3.51. The van der Waals surface area contributed by atoms with Crippen molar-refractivity contribution in [3.63, 3.8) is 0 Å². The highest BCUT2D eigenvalue weighted by atomic mass is 16.5. The number of ether oxygens (including phenoxy) is 2. The highest BCUT2D eigenvalue weighted by Crippen LogP contribution is 2.29. The van der Waals surface area contributed by atoms with Gasteiger partial charge in [-0.15, -0.1) is 0 Å². The van der Waals surface area contributed by atoms with E-state index in [1.54, 1.807) is 18.2 Å². The number of nitrogens with one attached hydrogen (secondary N) is 2. The third-order valence-corrected chi connectivity index (χ3v) is 3.51. The minimum absolute atomic E-state index is 0.296. The monoisotopic (exact) mass is 311 g/mol. The molecule has 3 aromatic rings. The van der Waals surface area contributed by atoms with Crippen LogP contribution in [0.3, 0.4) is 0 Å². The quantitative estimate of drug-likeness (QED) is 0.776. The number of aromatic nitrogens is 2. The number of anilines is 1. The number of hydrogen-bond donors (Lipinski definition) is 2. The van der Waals surface area contributed by atoms with Crippen LogP contribution in [0.1, 0.15) is 16.2 Å². The van der Waals surface area contributed by atoms with E-state index in [9.17, 15) is 4.79 Å². The smallest absolute Gasteiger partial charge is 0.263 e. The lowest BCUT2D eigenvalue weighted by molar-refractivity contribution is 0.102. The number of benzene rings is 2. The lowest BCUT2D eigenvalue weighted by atomic mass is 10.1. The fraction of sp³-hybridized carbons (Fsp3) is 0.176. The Hall–Kier alpha value is -3.02. The maximum Gasteiger partial charge on any atom is 0.263 e. The minimum atomic E-state index is -0.296. The van der Waals surface area contributed by atoms with Gasteiger partial charge in [0.05, 0.1) is 25.3 Å². The average Bonchev–Trinajstić information content (AvgIpc) is 2.93. The van der Waals surface area contributed by atoms with E-state index in [-0.39, 0.29) is 5.91 Å². The lowest BCUT2D eigenvalue weighted by Gasteiger charge is -2.13. The molecule has 0 aliphatic heterocycles. The summed E-state index contributed by atoms with van der Waals surface area (Å²) in [5, 5.41) is 2.86. The molecule has 1 aromatic heterocycles. The van der Waals surface area contributed by atoms with Crippen LogP contribution in [0.2, 0.25) is 0 Å². The second kappa shape index (κ2) is 6.00. The zero-order valence-corrected chi connectivity index (χ0v) is 13.1. The zero-order valence-electron chi connectivity index (χ0n) is 13.1. The zero-order chi connectivity index (χ0) is 16.4. The van der Waals surface area contributed by atoms with Gasteiger partial charge in [-0.25, -0.2) is 4.98 Å². The van der Waals surface area contributed by atoms with Gasteiger partial charge in [0.15, 0.2) is 0 Å². The van der Waals surface area contributed by atoms with Gasteiger partial charge in [0.2, 0.25) is 0 Å². The number of methoxy groups -OCH3 is 2. The molecule has 0 saturated heterocycles. The largest absolute Gasteiger partial charge is 0.496 e. The first kappa shape index (κ1) is 14.9. The number of H-pyrrole nitrogens is 1. The summed E-state index contributed by atoms with van der Waals surface area (Å²) in [5.74, 6) is 1.45. The van der Waals surface area contributed by atoms with E-state index in [4.69, 9.17) is 9.47 Å². The van der Waals surface area contributed by atoms with Crippen molar-refractivity contribution in [3.8, 4) is 11.5 Å². The summed E-state index contributed by atoms with van der Waals surface area (Å²) in [7, 11) is 3.04. The lowest BCUT2D eigenvalue weighted by Crippen LogP contribution is -2.14. The van der Waals surface area contributed by atoms with Gasteiger partial charge >= 0.3 is 0 Å². The van der Waals surface area contributed by atoms with E-state index in [0.717, 1.165) is 16.9 Å². The molecule has 0 aliphatic carbocycles. The Morgan fingerprint density at radius 3 is 2.48 bits per heavy atom. The second-order valence-corrected chi connectivity index (χ2v) is 5.05. The molecule has 0 radical (unpaired) electrons. The van der Waals surface area contributed by atoms with E-state index in [1.165, 1.54) is 14.2 Å². The van der Waals surface area contributed by atoms with Gasteiger partial charge in [0, 0.05) is 5.69 Å². The van der Waals surface area contributed by atoms with Gasteiger partial charge in [-0.05, 0) is 37.3 Å². The predicted octanol–water partition coefficient (Wildman–Crippen LogP) is 3.14. The Bertz CT molecular complexity index is 848. The number of aromatic amines is 1. The molecule has 0 aliphatic rings. The van der Waals surface area contributed by atoms with Crippen molar-refractivity contribution in [1.29, 1.82) is 0 Å². The van der Waals surface area contributed by atoms with Gasteiger partial charge in [-0.3, -0.25) is 4.79 Å². The number of imidazole rings is 1. The van der Waals surface area contributed by atoms with Crippen molar-refractivity contribution >= 4 is 22.6 Å². The van der Waals surface area contributed by atoms with Crippen LogP contribution in [0.25, 0.3) is 11.0 Å². The highest BCUT2D eigenvalue weighted by molar-refractivity contribution is 6.08. The van der Waals surface area contributed by atoms with Crippen molar-refractivity contribution in [2.45, 2.75) is 6.92 Å². The van der Waals surface area contributed by atoms with Crippen LogP contribution in [-0.4, -0.2) is 30.1 Å². The summed E-state index contributed by atoms with van der Waals surface area (Å²) < 4.78 is 10.5. The molecular weight excluding hydrogens is 294 g/mol. The first-order valence-electron chi connectivity index (χ1n) is 7.11. The molecule has 0 unspecified atom stereocenters. The summed E-state index contributed by atoms with van der Waals surface area (Å²) in [4.78, 5) is 20.1. The SMILES string of the molecule is COc1cccc(OC)c1C(=O)Nc1ccc2nc(C)[nH]c2c1. The van der Waals surface area contributed by atoms with Crippen molar-refractivity contribution in [2.75, 3.05) is 19.5 Å². The molecule has 3 rings (SSSR count). The van der Waals surface area contributed by atoms with Crippen LogP contribution in [0, 0.1) is 6.92 Å². The van der Waals surface area contributed by atoms with E-state index >= 15 is 0 Å². The van der Waals surface area contributed by atoms with Crippen molar-refractivity contribution in [3.05, 3.63) is 47.8 Å². The molecule has 0 saturated carbocycles. The van der Waals surface area contributed by atoms with E-state index in [2.05, 4.69) is 15.3 Å². The summed E-state index contributed by atoms with van der Waals surface area (Å²) in [6.07, 6.45) is 0. The maximum absolute atomic E-state index is 12.6. The Balaban J connectivity index is 1.94. The number of carbonyl (C=O) groups is 1. The summed E-state index contributed by atoms with van der Waals surface area (Å²) >= 11 is 0. The van der Waals surface area contributed by atoms with Crippen LogP contribution in [-0.2, 0) is 0 Å². The molecule has 0 atom stereocenters. The highest BCUT2D eigenvalue weighted by Gasteiger charge is 2.18. The molecule has 0 bridgehead atoms. The fourth-order valence-electron chi connectivity index (χ4n) is 2.48. The standard InChI is InChI=1S/C17H17N3O3/c1-10-18-12-8-7-11(9-13(12)19-10)20-17(21)16-14(22-2)5-4-6-15(16)23-3/h4-9H,1-3H3,(H,18,19)(H,20,21). The van der Waals surface area contributed by atoms with Crippen LogP contribution in [0.5, 0.6) is 11.5 Å². The van der Waals surface area contributed by atoms with Gasteiger partial charge in [-0.1, -0.05) is 6.07 Å². The number of rotatable bonds is 4. The molecule has 6 heteroatoms. The number of fused-ring (bicyclic) bond motifs is 1. The van der Waals surface area contributed by atoms with Crippen molar-refractivity contribution in [1.82, 2.24) is 9.97 Å². The molecule has 2 N–H and O–H groups in total. The van der Waals surface area contributed by atoms with Crippen LogP contribution in [0.4, 0.5) is 5.69 Å². The van der Waals surface area contributed by atoms with Crippen LogP contribution >= 0.6 is 0 Å². The van der Waals surface area contributed by atoms with Gasteiger partial charge in [0.1, 0.15) is 22.9 Å². The Morgan fingerprint density at radius 1 is 1.13 bits per heavy atom. The maximum atomic E-state index is 12.6. The number of carbonyl (C=O) groups excluding carboxylic acids is 1. The molecule has 1 heterocycles. The van der Waals surface area contributed by atoms with Gasteiger partial charge < -0.3 is 19.8 Å². The van der Waals surface area contributed by atoms with Crippen LogP contribution in [0.15, 0.2) is 36.4 Å². The first-order valence-corrected chi connectivity index (χ1v) is 7.11. The van der Waals surface area contributed by atoms with Crippen molar-refractivity contribution in [2.24, 2.45) is 0 Å². The topological polar surface area (TPSA) is 76.2 Å². The summed E-state index contributed by atoms with van der Waals surface area (Å²) in [6, 6.07) is 10.7. The molecule has 0 fully saturated rings. The fourth-order valence-corrected chi connectivity index (χ4v) is 2.48. The van der Waals surface area contributed by atoms with Gasteiger partial charge in [0.25, 0.3) is 5.91 Å². The Morgan fingerprint density at radius 2 is 1.83 bits per heavy atom. The molecule has 6 nitrogen and oxygen atoms in total. The molecule has 23 heavy (non-hydrogen) atoms. The minimum Gasteiger partial charge on any atom is -0.496 e. The van der Waals surface area contributed by atoms with Crippen molar-refractivity contribution < 1.29 is 14.3 Å². The second-order valence-electron chi connectivity index (χ2n) is 5.05. The molecule has 0 spiro atoms. The Kier molecular flexibility index (Phi) is 3.89. The van der Waals surface area contributed by atoms with E-state index in [1.807, 2.05) is 25.1 Å². The Labute approximate surface area is 133 Å². The molecule has 118 valence electrons. The average molecular weight is 311 g/mol. The molecule has 1 amide bonds. The number of aryl methyl sites for hydroxylation is 1. The predicted molar refractivity (Wildman–Crippen MR) is 88.3 cm³/mol.